The summed E-state index contributed by atoms with van der Waals surface area (Å²) in [4.78, 5) is 0. The van der Waals surface area contributed by atoms with Gasteiger partial charge in [0.25, 0.3) is 0 Å². The summed E-state index contributed by atoms with van der Waals surface area (Å²) < 4.78 is 0. The van der Waals surface area contributed by atoms with E-state index in [-0.39, 0.29) is 0 Å². The van der Waals surface area contributed by atoms with E-state index in [4.69, 9.17) is 0 Å². The van der Waals surface area contributed by atoms with Crippen LogP contribution < -0.4 is 0 Å². The minimum Gasteiger partial charge on any atom is -0.161 e. The summed E-state index contributed by atoms with van der Waals surface area (Å²) in [7, 11) is 0. The van der Waals surface area contributed by atoms with Gasteiger partial charge in [0.2, 0.25) is 0 Å². The van der Waals surface area contributed by atoms with Crippen molar-refractivity contribution in [1.29, 1.82) is 0 Å². The van der Waals surface area contributed by atoms with E-state index in [9.17, 15) is 0 Å². The monoisotopic (exact) mass is 322 g/mol. The number of thioether (sulfide) groups is 4. The Kier molecular flexibility index (Phi) is 8.92. The van der Waals surface area contributed by atoms with Crippen LogP contribution in [0.25, 0.3) is 0 Å². The van der Waals surface area contributed by atoms with Crippen LogP contribution in [0.2, 0.25) is 0 Å². The maximum Gasteiger partial charge on any atom is 0.0166 e. The standard InChI is InChI=1S/C14H26S4/c1-2-6-14-13(5-1)17-9-3-7-15-11-12-16-8-4-10-18-14/h13-14H,1-12H2/t13-,14+. The molecule has 0 radical (unpaired) electrons. The Hall–Kier alpha value is 1.40. The van der Waals surface area contributed by atoms with Gasteiger partial charge in [-0.05, 0) is 48.7 Å². The molecule has 0 spiro atoms. The Balaban J connectivity index is 1.75. The van der Waals surface area contributed by atoms with Crippen LogP contribution in [-0.4, -0.2) is 45.0 Å². The fraction of sp³-hybridized carbons (Fsp3) is 1.00. The van der Waals surface area contributed by atoms with Crippen molar-refractivity contribution >= 4 is 47.0 Å². The minimum atomic E-state index is 0.976. The zero-order valence-electron chi connectivity index (χ0n) is 11.3. The molecular formula is C14H26S4. The van der Waals surface area contributed by atoms with Crippen LogP contribution in [0.3, 0.4) is 0 Å². The van der Waals surface area contributed by atoms with E-state index in [0.29, 0.717) is 0 Å². The molecule has 0 amide bonds. The molecule has 0 bridgehead atoms. The van der Waals surface area contributed by atoms with Crippen LogP contribution in [0.5, 0.6) is 0 Å². The zero-order valence-corrected chi connectivity index (χ0v) is 14.5. The second-order valence-electron chi connectivity index (χ2n) is 5.03. The van der Waals surface area contributed by atoms with Gasteiger partial charge in [0.1, 0.15) is 0 Å². The summed E-state index contributed by atoms with van der Waals surface area (Å²) >= 11 is 8.92. The summed E-state index contributed by atoms with van der Waals surface area (Å²) in [6.07, 6.45) is 8.80. The third-order valence-electron chi connectivity index (χ3n) is 3.54. The lowest BCUT2D eigenvalue weighted by atomic mass is 10.00. The van der Waals surface area contributed by atoms with Gasteiger partial charge in [-0.25, -0.2) is 0 Å². The zero-order chi connectivity index (χ0) is 12.5. The second-order valence-corrected chi connectivity index (χ2v) is 10.2. The highest BCUT2D eigenvalue weighted by Gasteiger charge is 2.25. The Bertz CT molecular complexity index is 188. The van der Waals surface area contributed by atoms with Crippen LogP contribution in [0.1, 0.15) is 38.5 Å². The molecule has 1 aliphatic heterocycles. The molecule has 0 aromatic heterocycles. The molecule has 106 valence electrons. The van der Waals surface area contributed by atoms with E-state index in [1.807, 2.05) is 0 Å². The molecule has 2 fully saturated rings. The van der Waals surface area contributed by atoms with E-state index in [1.54, 1.807) is 0 Å². The van der Waals surface area contributed by atoms with Gasteiger partial charge in [-0.15, -0.1) is 0 Å². The van der Waals surface area contributed by atoms with Gasteiger partial charge < -0.3 is 0 Å². The predicted molar refractivity (Wildman–Crippen MR) is 94.8 cm³/mol. The van der Waals surface area contributed by atoms with Crippen molar-refractivity contribution in [2.45, 2.75) is 49.0 Å². The Morgan fingerprint density at radius 1 is 0.500 bits per heavy atom. The van der Waals surface area contributed by atoms with Crippen LogP contribution in [0.15, 0.2) is 0 Å². The molecule has 2 atom stereocenters. The highest BCUT2D eigenvalue weighted by molar-refractivity contribution is 8.04. The van der Waals surface area contributed by atoms with E-state index < -0.39 is 0 Å². The van der Waals surface area contributed by atoms with Crippen LogP contribution >= 0.6 is 47.0 Å². The van der Waals surface area contributed by atoms with Crippen molar-refractivity contribution in [3.63, 3.8) is 0 Å². The van der Waals surface area contributed by atoms with E-state index >= 15 is 0 Å². The van der Waals surface area contributed by atoms with Crippen molar-refractivity contribution < 1.29 is 0 Å². The minimum absolute atomic E-state index is 0.976. The summed E-state index contributed by atoms with van der Waals surface area (Å²) in [5, 5.41) is 1.95. The van der Waals surface area contributed by atoms with Gasteiger partial charge in [0, 0.05) is 22.0 Å². The largest absolute Gasteiger partial charge is 0.161 e. The molecule has 18 heavy (non-hydrogen) atoms. The molecule has 4 heteroatoms. The molecule has 0 unspecified atom stereocenters. The molecule has 2 rings (SSSR count). The topological polar surface area (TPSA) is 0 Å². The molecule has 0 N–H and O–H groups in total. The Morgan fingerprint density at radius 2 is 1.00 bits per heavy atom. The van der Waals surface area contributed by atoms with Crippen LogP contribution in [0, 0.1) is 0 Å². The lowest BCUT2D eigenvalue weighted by Crippen LogP contribution is -2.25. The molecule has 0 aromatic carbocycles. The first kappa shape index (κ1) is 15.8. The third kappa shape index (κ3) is 6.23. The fourth-order valence-corrected chi connectivity index (χ4v) is 8.04. The second kappa shape index (κ2) is 10.2. The van der Waals surface area contributed by atoms with Gasteiger partial charge in [-0.2, -0.15) is 47.0 Å². The van der Waals surface area contributed by atoms with Crippen molar-refractivity contribution in [3.05, 3.63) is 0 Å². The smallest absolute Gasteiger partial charge is 0.0166 e. The van der Waals surface area contributed by atoms with Gasteiger partial charge in [-0.3, -0.25) is 0 Å². The Labute approximate surface area is 130 Å². The average molecular weight is 323 g/mol. The molecule has 1 aliphatic carbocycles. The number of fused-ring (bicyclic) bond motifs is 1. The average Bonchev–Trinajstić information content (AvgIpc) is 2.41. The first-order valence-electron chi connectivity index (χ1n) is 7.35. The number of rotatable bonds is 0. The maximum atomic E-state index is 2.29. The molecule has 0 nitrogen and oxygen atoms in total. The van der Waals surface area contributed by atoms with Crippen molar-refractivity contribution in [2.75, 3.05) is 34.5 Å². The fourth-order valence-electron chi connectivity index (χ4n) is 2.56. The van der Waals surface area contributed by atoms with Gasteiger partial charge in [0.05, 0.1) is 0 Å². The van der Waals surface area contributed by atoms with Gasteiger partial charge >= 0.3 is 0 Å². The normalized spacial score (nSPS) is 33.3. The molecule has 2 aliphatic rings. The van der Waals surface area contributed by atoms with E-state index in [2.05, 4.69) is 47.0 Å². The van der Waals surface area contributed by atoms with E-state index in [1.165, 1.54) is 73.0 Å². The number of hydrogen-bond donors (Lipinski definition) is 0. The lowest BCUT2D eigenvalue weighted by molar-refractivity contribution is 0.527. The molecule has 0 aromatic rings. The van der Waals surface area contributed by atoms with Crippen molar-refractivity contribution in [2.24, 2.45) is 0 Å². The first-order chi connectivity index (χ1) is 8.97. The number of hydrogen-bond acceptors (Lipinski definition) is 4. The van der Waals surface area contributed by atoms with Crippen LogP contribution in [-0.2, 0) is 0 Å². The molecule has 1 saturated heterocycles. The SMILES string of the molecule is C1CSCCSCCCS[C@@H]2CCCC[C@@H]2SC1. The predicted octanol–water partition coefficient (Wildman–Crippen LogP) is 5.02. The summed E-state index contributed by atoms with van der Waals surface area (Å²) in [5.41, 5.74) is 0. The highest BCUT2D eigenvalue weighted by Crippen LogP contribution is 2.37. The highest BCUT2D eigenvalue weighted by atomic mass is 32.2. The van der Waals surface area contributed by atoms with Gasteiger partial charge in [-0.1, -0.05) is 12.8 Å². The Morgan fingerprint density at radius 3 is 1.50 bits per heavy atom. The third-order valence-corrected chi connectivity index (χ3v) is 9.15. The lowest BCUT2D eigenvalue weighted by Gasteiger charge is -2.31. The summed E-state index contributed by atoms with van der Waals surface area (Å²) in [6.45, 7) is 0. The maximum absolute atomic E-state index is 2.29. The van der Waals surface area contributed by atoms with Crippen LogP contribution in [0.4, 0.5) is 0 Å². The quantitative estimate of drug-likeness (QED) is 0.613. The summed E-state index contributed by atoms with van der Waals surface area (Å²) in [5.74, 6) is 8.32. The molecule has 1 saturated carbocycles. The molecule has 1 heterocycles. The van der Waals surface area contributed by atoms with E-state index in [0.717, 1.165) is 10.5 Å². The van der Waals surface area contributed by atoms with Gasteiger partial charge in [0.15, 0.2) is 0 Å². The first-order valence-corrected chi connectivity index (χ1v) is 11.8. The molecular weight excluding hydrogens is 296 g/mol. The van der Waals surface area contributed by atoms with Crippen molar-refractivity contribution in [1.82, 2.24) is 0 Å². The van der Waals surface area contributed by atoms with Crippen molar-refractivity contribution in [3.8, 4) is 0 Å². The summed E-state index contributed by atoms with van der Waals surface area (Å²) in [6, 6.07) is 0.